The number of phenols is 1. The maximum Gasteiger partial charge on any atom is 0.320 e. The zero-order valence-electron chi connectivity index (χ0n) is 14.5. The number of fused-ring (bicyclic) bond motifs is 1. The molecule has 3 atom stereocenters. The Kier molecular flexibility index (Phi) is 5.42. The molecule has 0 radical (unpaired) electrons. The Morgan fingerprint density at radius 2 is 1.93 bits per heavy atom. The molecule has 0 aliphatic carbocycles. The number of thiazole rings is 1. The van der Waals surface area contributed by atoms with Crippen LogP contribution in [0.2, 0.25) is 0 Å². The average Bonchev–Trinajstić information content (AvgIpc) is 3.05. The number of nitrogens with zero attached hydrogens (tertiary/aromatic N) is 1. The van der Waals surface area contributed by atoms with Crippen LogP contribution in [0.15, 0.2) is 28.0 Å². The molecule has 0 saturated carbocycles. The average molecular weight is 426 g/mol. The number of hydrogen-bond acceptors (Lipinski definition) is 10. The molecule has 1 aromatic heterocycles. The number of benzene rings is 1. The van der Waals surface area contributed by atoms with Crippen LogP contribution in [0.3, 0.4) is 0 Å². The fourth-order valence-corrected chi connectivity index (χ4v) is 5.59. The summed E-state index contributed by atoms with van der Waals surface area (Å²) in [6, 6.07) is 3.36. The number of carbonyl (C=O) groups is 2. The number of aromatic nitrogens is 1. The van der Waals surface area contributed by atoms with E-state index in [2.05, 4.69) is 4.98 Å². The second kappa shape index (κ2) is 7.64. The first-order valence-corrected chi connectivity index (χ1v) is 9.50. The predicted molar refractivity (Wildman–Crippen MR) is 98.7 cm³/mol. The molecule has 28 heavy (non-hydrogen) atoms. The molecule has 0 amide bonds. The Bertz CT molecular complexity index is 1010. The van der Waals surface area contributed by atoms with E-state index in [0.717, 1.165) is 55.5 Å². The van der Waals surface area contributed by atoms with Crippen molar-refractivity contribution in [2.24, 2.45) is 5.92 Å². The van der Waals surface area contributed by atoms with Gasteiger partial charge < -0.3 is 19.6 Å². The SMILES string of the molecule is COC(=O)[C@H]1[C@H](c2cc([N+](=O)[O-])ccc2O)c2sc(=O)[nH]c2S[C@@H]1C(=O)OC. The Labute approximate surface area is 165 Å². The zero-order chi connectivity index (χ0) is 20.6. The molecule has 2 N–H and O–H groups in total. The van der Waals surface area contributed by atoms with Crippen molar-refractivity contribution in [1.82, 2.24) is 4.98 Å². The number of esters is 2. The van der Waals surface area contributed by atoms with Gasteiger partial charge in [-0.25, -0.2) is 0 Å². The van der Waals surface area contributed by atoms with E-state index in [0.29, 0.717) is 9.90 Å². The molecule has 12 heteroatoms. The Balaban J connectivity index is 2.29. The number of ether oxygens (including phenoxy) is 2. The summed E-state index contributed by atoms with van der Waals surface area (Å²) in [6.45, 7) is 0. The number of nitro benzene ring substituents is 1. The second-order valence-electron chi connectivity index (χ2n) is 5.80. The van der Waals surface area contributed by atoms with Crippen molar-refractivity contribution in [2.75, 3.05) is 14.2 Å². The lowest BCUT2D eigenvalue weighted by atomic mass is 9.81. The Morgan fingerprint density at radius 3 is 2.54 bits per heavy atom. The monoisotopic (exact) mass is 426 g/mol. The number of rotatable bonds is 4. The topological polar surface area (TPSA) is 149 Å². The minimum Gasteiger partial charge on any atom is -0.508 e. The number of H-pyrrole nitrogens is 1. The summed E-state index contributed by atoms with van der Waals surface area (Å²) in [6.07, 6.45) is 0. The van der Waals surface area contributed by atoms with Crippen LogP contribution in [0.5, 0.6) is 5.75 Å². The lowest BCUT2D eigenvalue weighted by Crippen LogP contribution is -2.41. The normalized spacial score (nSPS) is 20.9. The maximum atomic E-state index is 12.6. The molecular weight excluding hydrogens is 412 g/mol. The molecule has 3 rings (SSSR count). The molecule has 0 saturated heterocycles. The van der Waals surface area contributed by atoms with E-state index in [-0.39, 0.29) is 17.0 Å². The molecule has 0 fully saturated rings. The van der Waals surface area contributed by atoms with E-state index < -0.39 is 38.8 Å². The fourth-order valence-electron chi connectivity index (χ4n) is 3.10. The van der Waals surface area contributed by atoms with Crippen LogP contribution < -0.4 is 4.87 Å². The van der Waals surface area contributed by atoms with Crippen molar-refractivity contribution in [3.05, 3.63) is 48.4 Å². The first-order chi connectivity index (χ1) is 13.3. The Hall–Kier alpha value is -2.86. The van der Waals surface area contributed by atoms with Gasteiger partial charge in [-0.05, 0) is 6.07 Å². The van der Waals surface area contributed by atoms with Gasteiger partial charge in [-0.2, -0.15) is 0 Å². The highest BCUT2D eigenvalue weighted by molar-refractivity contribution is 8.00. The van der Waals surface area contributed by atoms with Gasteiger partial charge in [-0.3, -0.25) is 24.5 Å². The van der Waals surface area contributed by atoms with E-state index in [1.807, 2.05) is 0 Å². The number of aromatic hydroxyl groups is 1. The standard InChI is InChI=1S/C16H14N2O8S2/c1-25-14(20)10-9(7-5-6(18(23)24)3-4-8(7)19)11-13(17-16(22)28-11)27-12(10)15(21)26-2/h3-5,9-10,12,19H,1-2H3,(H,17,22)/t9-,10-,12-/m0/s1. The van der Waals surface area contributed by atoms with Crippen LogP contribution in [-0.2, 0) is 19.1 Å². The van der Waals surface area contributed by atoms with Crippen molar-refractivity contribution in [2.45, 2.75) is 16.2 Å². The van der Waals surface area contributed by atoms with Gasteiger partial charge in [0.05, 0.1) is 30.1 Å². The molecule has 148 valence electrons. The van der Waals surface area contributed by atoms with Gasteiger partial charge in [0.25, 0.3) is 5.69 Å². The van der Waals surface area contributed by atoms with Gasteiger partial charge in [-0.1, -0.05) is 23.1 Å². The molecule has 0 unspecified atom stereocenters. The van der Waals surface area contributed by atoms with E-state index in [4.69, 9.17) is 9.47 Å². The van der Waals surface area contributed by atoms with Crippen molar-refractivity contribution in [3.8, 4) is 5.75 Å². The number of thioether (sulfide) groups is 1. The molecule has 1 aliphatic heterocycles. The third kappa shape index (κ3) is 3.36. The summed E-state index contributed by atoms with van der Waals surface area (Å²) < 4.78 is 9.63. The Morgan fingerprint density at radius 1 is 1.25 bits per heavy atom. The highest BCUT2D eigenvalue weighted by Crippen LogP contribution is 2.51. The fraction of sp³-hybridized carbons (Fsp3) is 0.312. The summed E-state index contributed by atoms with van der Waals surface area (Å²) in [4.78, 5) is 49.9. The van der Waals surface area contributed by atoms with Crippen LogP contribution in [0.4, 0.5) is 5.69 Å². The second-order valence-corrected chi connectivity index (χ2v) is 7.96. The third-order valence-electron chi connectivity index (χ3n) is 4.32. The van der Waals surface area contributed by atoms with Crippen molar-refractivity contribution in [1.29, 1.82) is 0 Å². The van der Waals surface area contributed by atoms with Crippen LogP contribution in [-0.4, -0.2) is 46.4 Å². The number of hydrogen-bond donors (Lipinski definition) is 2. The predicted octanol–water partition coefficient (Wildman–Crippen LogP) is 1.62. The summed E-state index contributed by atoms with van der Waals surface area (Å²) in [5.41, 5.74) is -0.274. The lowest BCUT2D eigenvalue weighted by Gasteiger charge is -2.34. The number of nitrogens with one attached hydrogen (secondary N) is 1. The molecule has 0 bridgehead atoms. The van der Waals surface area contributed by atoms with Crippen molar-refractivity contribution >= 4 is 40.7 Å². The lowest BCUT2D eigenvalue weighted by molar-refractivity contribution is -0.385. The number of nitro groups is 1. The van der Waals surface area contributed by atoms with Crippen molar-refractivity contribution < 1.29 is 29.1 Å². The van der Waals surface area contributed by atoms with Crippen molar-refractivity contribution in [3.63, 3.8) is 0 Å². The maximum absolute atomic E-state index is 12.6. The minimum atomic E-state index is -1.17. The first kappa shape index (κ1) is 19.9. The van der Waals surface area contributed by atoms with Crippen LogP contribution in [0.1, 0.15) is 16.4 Å². The highest BCUT2D eigenvalue weighted by atomic mass is 32.2. The number of aromatic amines is 1. The third-order valence-corrected chi connectivity index (χ3v) is 6.71. The summed E-state index contributed by atoms with van der Waals surface area (Å²) in [5.74, 6) is -4.00. The largest absolute Gasteiger partial charge is 0.508 e. The first-order valence-electron chi connectivity index (χ1n) is 7.81. The van der Waals surface area contributed by atoms with Crippen LogP contribution in [0, 0.1) is 16.0 Å². The van der Waals surface area contributed by atoms with Gasteiger partial charge in [0, 0.05) is 28.5 Å². The number of phenolic OH excluding ortho intramolecular Hbond substituents is 1. The van der Waals surface area contributed by atoms with Gasteiger partial charge >= 0.3 is 16.8 Å². The van der Waals surface area contributed by atoms with E-state index in [9.17, 15) is 29.6 Å². The van der Waals surface area contributed by atoms with Gasteiger partial charge in [0.1, 0.15) is 11.0 Å². The number of non-ortho nitro benzene ring substituents is 1. The molecule has 0 spiro atoms. The molecule has 1 aromatic carbocycles. The summed E-state index contributed by atoms with van der Waals surface area (Å²) in [5, 5.41) is 20.8. The summed E-state index contributed by atoms with van der Waals surface area (Å²) in [7, 11) is 2.30. The minimum absolute atomic E-state index is 0.0373. The highest BCUT2D eigenvalue weighted by Gasteiger charge is 2.49. The van der Waals surface area contributed by atoms with Gasteiger partial charge in [0.2, 0.25) is 0 Å². The zero-order valence-corrected chi connectivity index (χ0v) is 16.2. The quantitative estimate of drug-likeness (QED) is 0.422. The number of carbonyl (C=O) groups excluding carboxylic acids is 2. The van der Waals surface area contributed by atoms with Gasteiger partial charge in [-0.15, -0.1) is 0 Å². The van der Waals surface area contributed by atoms with E-state index >= 15 is 0 Å². The molecule has 2 heterocycles. The van der Waals surface area contributed by atoms with Gasteiger partial charge in [0.15, 0.2) is 0 Å². The smallest absolute Gasteiger partial charge is 0.320 e. The van der Waals surface area contributed by atoms with Crippen LogP contribution >= 0.6 is 23.1 Å². The van der Waals surface area contributed by atoms with E-state index in [1.54, 1.807) is 0 Å². The molecule has 1 aliphatic rings. The number of methoxy groups -OCH3 is 2. The summed E-state index contributed by atoms with van der Waals surface area (Å²) >= 11 is 1.74. The molecule has 10 nitrogen and oxygen atoms in total. The van der Waals surface area contributed by atoms with E-state index in [1.165, 1.54) is 0 Å². The molecule has 2 aromatic rings. The van der Waals surface area contributed by atoms with Crippen LogP contribution in [0.25, 0.3) is 0 Å². The molecular formula is C16H14N2O8S2.